The van der Waals surface area contributed by atoms with Gasteiger partial charge in [-0.25, -0.2) is 9.97 Å². The number of aryl methyl sites for hydroxylation is 1. The molecule has 0 fully saturated rings. The van der Waals surface area contributed by atoms with Crippen LogP contribution in [0, 0.1) is 6.92 Å². The van der Waals surface area contributed by atoms with Gasteiger partial charge < -0.3 is 10.2 Å². The molecule has 0 atom stereocenters. The summed E-state index contributed by atoms with van der Waals surface area (Å²) >= 11 is 3.54. The van der Waals surface area contributed by atoms with Gasteiger partial charge in [-0.2, -0.15) is 0 Å². The molecular weight excluding hydrogens is 276 g/mol. The quantitative estimate of drug-likeness (QED) is 0.655. The van der Waals surface area contributed by atoms with E-state index in [1.165, 1.54) is 10.3 Å². The highest BCUT2D eigenvalue weighted by molar-refractivity contribution is 7.99. The Morgan fingerprint density at radius 2 is 2.16 bits per heavy atom. The molecule has 6 heteroatoms. The molecule has 0 bridgehead atoms. The van der Waals surface area contributed by atoms with E-state index in [1.54, 1.807) is 23.1 Å². The second-order valence-corrected chi connectivity index (χ2v) is 6.93. The Bertz CT molecular complexity index is 551. The third kappa shape index (κ3) is 3.81. The topological polar surface area (TPSA) is 41.1 Å². The van der Waals surface area contributed by atoms with E-state index in [9.17, 15) is 0 Å². The number of nitrogens with one attached hydrogen (secondary N) is 1. The fourth-order valence-electron chi connectivity index (χ4n) is 1.69. The molecule has 0 amide bonds. The van der Waals surface area contributed by atoms with Crippen LogP contribution in [0.1, 0.15) is 11.8 Å². The predicted octanol–water partition coefficient (Wildman–Crippen LogP) is 3.09. The maximum Gasteiger partial charge on any atom is 0.225 e. The average Bonchev–Trinajstić information content (AvgIpc) is 2.69. The molecule has 2 aromatic heterocycles. The highest BCUT2D eigenvalue weighted by Gasteiger charge is 2.10. The van der Waals surface area contributed by atoms with Crippen molar-refractivity contribution in [2.45, 2.75) is 18.9 Å². The molecule has 0 saturated carbocycles. The predicted molar refractivity (Wildman–Crippen MR) is 85.6 cm³/mol. The van der Waals surface area contributed by atoms with E-state index in [0.29, 0.717) is 0 Å². The van der Waals surface area contributed by atoms with Crippen molar-refractivity contribution in [1.29, 1.82) is 0 Å². The minimum absolute atomic E-state index is 0.740. The van der Waals surface area contributed by atoms with Crippen molar-refractivity contribution in [3.05, 3.63) is 10.9 Å². The lowest BCUT2D eigenvalue weighted by Gasteiger charge is -2.09. The van der Waals surface area contributed by atoms with Crippen molar-refractivity contribution >= 4 is 39.3 Å². The summed E-state index contributed by atoms with van der Waals surface area (Å²) in [6, 6.07) is 2.19. The first-order valence-electron chi connectivity index (χ1n) is 6.39. The van der Waals surface area contributed by atoms with Crippen molar-refractivity contribution in [3.63, 3.8) is 0 Å². The van der Waals surface area contributed by atoms with Crippen LogP contribution in [0.15, 0.2) is 11.1 Å². The van der Waals surface area contributed by atoms with E-state index in [2.05, 4.69) is 54.2 Å². The summed E-state index contributed by atoms with van der Waals surface area (Å²) in [5, 5.41) is 5.49. The van der Waals surface area contributed by atoms with Crippen LogP contribution < -0.4 is 5.32 Å². The number of hydrogen-bond acceptors (Lipinski definition) is 6. The van der Waals surface area contributed by atoms with E-state index in [1.807, 2.05) is 0 Å². The third-order valence-corrected chi connectivity index (χ3v) is 4.51. The highest BCUT2D eigenvalue weighted by Crippen LogP contribution is 2.32. The normalized spacial score (nSPS) is 11.4. The van der Waals surface area contributed by atoms with Gasteiger partial charge in [0.25, 0.3) is 0 Å². The molecule has 0 aromatic carbocycles. The van der Waals surface area contributed by atoms with Crippen LogP contribution in [0.5, 0.6) is 0 Å². The molecule has 0 radical (unpaired) electrons. The summed E-state index contributed by atoms with van der Waals surface area (Å²) in [4.78, 5) is 13.7. The maximum absolute atomic E-state index is 4.63. The van der Waals surface area contributed by atoms with Gasteiger partial charge in [0.1, 0.15) is 9.86 Å². The van der Waals surface area contributed by atoms with Gasteiger partial charge in [0, 0.05) is 29.1 Å². The number of fused-ring (bicyclic) bond motifs is 1. The second-order valence-electron chi connectivity index (χ2n) is 4.61. The Hall–Kier alpha value is -0.850. The van der Waals surface area contributed by atoms with Gasteiger partial charge in [-0.3, -0.25) is 0 Å². The molecule has 0 aliphatic carbocycles. The molecule has 0 saturated heterocycles. The largest absolute Gasteiger partial charge is 0.354 e. The van der Waals surface area contributed by atoms with E-state index in [-0.39, 0.29) is 0 Å². The molecule has 0 unspecified atom stereocenters. The van der Waals surface area contributed by atoms with Crippen LogP contribution in [-0.2, 0) is 0 Å². The molecule has 0 aliphatic rings. The SMILES string of the molecule is CCNc1nc(SCCN(C)C)c2cc(C)sc2n1. The molecule has 2 rings (SSSR count). The number of rotatable bonds is 6. The summed E-state index contributed by atoms with van der Waals surface area (Å²) in [6.45, 7) is 6.08. The van der Waals surface area contributed by atoms with E-state index >= 15 is 0 Å². The van der Waals surface area contributed by atoms with Gasteiger partial charge in [0.15, 0.2) is 0 Å². The highest BCUT2D eigenvalue weighted by atomic mass is 32.2. The van der Waals surface area contributed by atoms with Crippen LogP contribution in [-0.4, -0.2) is 47.8 Å². The minimum atomic E-state index is 0.740. The standard InChI is InChI=1S/C13H20N4S2/c1-5-14-13-15-11(18-7-6-17(3)4)10-8-9(2)19-12(10)16-13/h8H,5-7H2,1-4H3,(H,14,15,16). The maximum atomic E-state index is 4.63. The number of aromatic nitrogens is 2. The number of hydrogen-bond donors (Lipinski definition) is 1. The Labute approximate surface area is 122 Å². The first kappa shape index (κ1) is 14.6. The number of thiophene rings is 1. The fourth-order valence-corrected chi connectivity index (χ4v) is 3.74. The molecule has 1 N–H and O–H groups in total. The lowest BCUT2D eigenvalue weighted by molar-refractivity contribution is 0.437. The van der Waals surface area contributed by atoms with Crippen LogP contribution in [0.25, 0.3) is 10.2 Å². The van der Waals surface area contributed by atoms with Crippen LogP contribution >= 0.6 is 23.1 Å². The van der Waals surface area contributed by atoms with Crippen molar-refractivity contribution < 1.29 is 0 Å². The van der Waals surface area contributed by atoms with Crippen LogP contribution in [0.2, 0.25) is 0 Å². The summed E-state index contributed by atoms with van der Waals surface area (Å²) in [5.74, 6) is 1.78. The van der Waals surface area contributed by atoms with Crippen molar-refractivity contribution in [2.75, 3.05) is 38.3 Å². The minimum Gasteiger partial charge on any atom is -0.354 e. The Morgan fingerprint density at radius 3 is 2.84 bits per heavy atom. The van der Waals surface area contributed by atoms with Crippen LogP contribution in [0.4, 0.5) is 5.95 Å². The first-order chi connectivity index (χ1) is 9.10. The third-order valence-electron chi connectivity index (χ3n) is 2.59. The van der Waals surface area contributed by atoms with E-state index in [0.717, 1.165) is 34.6 Å². The summed E-state index contributed by atoms with van der Waals surface area (Å²) in [5.41, 5.74) is 0. The Kier molecular flexibility index (Phi) is 5.01. The van der Waals surface area contributed by atoms with Crippen molar-refractivity contribution in [3.8, 4) is 0 Å². The lowest BCUT2D eigenvalue weighted by Crippen LogP contribution is -2.14. The van der Waals surface area contributed by atoms with Gasteiger partial charge in [0.05, 0.1) is 0 Å². The zero-order valence-electron chi connectivity index (χ0n) is 11.9. The van der Waals surface area contributed by atoms with E-state index < -0.39 is 0 Å². The molecule has 0 spiro atoms. The second kappa shape index (κ2) is 6.54. The van der Waals surface area contributed by atoms with Crippen molar-refractivity contribution in [2.24, 2.45) is 0 Å². The summed E-state index contributed by atoms with van der Waals surface area (Å²) in [6.07, 6.45) is 0. The number of thioether (sulfide) groups is 1. The van der Waals surface area contributed by atoms with Crippen molar-refractivity contribution in [1.82, 2.24) is 14.9 Å². The smallest absolute Gasteiger partial charge is 0.225 e. The Balaban J connectivity index is 2.27. The van der Waals surface area contributed by atoms with Gasteiger partial charge in [-0.1, -0.05) is 0 Å². The molecular formula is C13H20N4S2. The number of anilines is 1. The molecule has 0 aliphatic heterocycles. The Morgan fingerprint density at radius 1 is 1.37 bits per heavy atom. The first-order valence-corrected chi connectivity index (χ1v) is 8.20. The molecule has 2 aromatic rings. The average molecular weight is 296 g/mol. The number of nitrogens with zero attached hydrogens (tertiary/aromatic N) is 3. The monoisotopic (exact) mass is 296 g/mol. The lowest BCUT2D eigenvalue weighted by atomic mass is 10.4. The molecule has 2 heterocycles. The zero-order valence-corrected chi connectivity index (χ0v) is 13.5. The molecule has 4 nitrogen and oxygen atoms in total. The molecule has 104 valence electrons. The summed E-state index contributed by atoms with van der Waals surface area (Å²) < 4.78 is 0. The van der Waals surface area contributed by atoms with Gasteiger partial charge >= 0.3 is 0 Å². The van der Waals surface area contributed by atoms with Gasteiger partial charge in [-0.05, 0) is 34.0 Å². The van der Waals surface area contributed by atoms with Gasteiger partial charge in [0.2, 0.25) is 5.95 Å². The van der Waals surface area contributed by atoms with E-state index in [4.69, 9.17) is 0 Å². The van der Waals surface area contributed by atoms with Crippen LogP contribution in [0.3, 0.4) is 0 Å². The molecule has 19 heavy (non-hydrogen) atoms. The zero-order chi connectivity index (χ0) is 13.8. The fraction of sp³-hybridized carbons (Fsp3) is 0.538. The van der Waals surface area contributed by atoms with Gasteiger partial charge in [-0.15, -0.1) is 23.1 Å². The summed E-state index contributed by atoms with van der Waals surface area (Å²) in [7, 11) is 4.18.